The van der Waals surface area contributed by atoms with Crippen LogP contribution in [0.25, 0.3) is 16.9 Å². The second kappa shape index (κ2) is 5.00. The molecule has 8 heteroatoms. The number of aromatic nitrogens is 5. The zero-order valence-corrected chi connectivity index (χ0v) is 10.6. The smallest absolute Gasteiger partial charge is 0.434 e. The zero-order chi connectivity index (χ0) is 13.9. The molecule has 0 aliphatic heterocycles. The Bertz CT molecular complexity index is 735. The van der Waals surface area contributed by atoms with E-state index in [1.54, 1.807) is 29.8 Å². The number of carbonyl (C=O) groups is 1. The largest absolute Gasteiger partial charge is 0.515 e. The third-order valence-corrected chi connectivity index (χ3v) is 2.59. The lowest BCUT2D eigenvalue weighted by atomic mass is 10.2. The van der Waals surface area contributed by atoms with E-state index in [2.05, 4.69) is 20.4 Å². The summed E-state index contributed by atoms with van der Waals surface area (Å²) in [4.78, 5) is 15.4. The first-order valence-corrected chi connectivity index (χ1v) is 5.96. The van der Waals surface area contributed by atoms with Gasteiger partial charge in [-0.05, 0) is 19.1 Å². The lowest BCUT2D eigenvalue weighted by molar-refractivity contribution is 0.103. The first-order chi connectivity index (χ1) is 9.76. The van der Waals surface area contributed by atoms with Gasteiger partial charge in [-0.25, -0.2) is 4.79 Å². The standard InChI is InChI=1S/C12H11N5O3/c1-2-19-12(18)20-11-7-17-6-8(3-4-10(17)14-11)9-5-13-16-15-9/h3-7H,2H2,1H3,(H,13,15,16). The summed E-state index contributed by atoms with van der Waals surface area (Å²) in [5.74, 6) is 0.181. The van der Waals surface area contributed by atoms with Gasteiger partial charge < -0.3 is 13.9 Å². The Labute approximate surface area is 113 Å². The zero-order valence-electron chi connectivity index (χ0n) is 10.6. The van der Waals surface area contributed by atoms with Crippen LogP contribution in [-0.2, 0) is 4.74 Å². The number of H-pyrrole nitrogens is 1. The van der Waals surface area contributed by atoms with Crippen molar-refractivity contribution in [3.8, 4) is 17.1 Å². The molecular weight excluding hydrogens is 262 g/mol. The Balaban J connectivity index is 1.89. The summed E-state index contributed by atoms with van der Waals surface area (Å²) in [6.45, 7) is 1.96. The van der Waals surface area contributed by atoms with Crippen molar-refractivity contribution in [3.05, 3.63) is 30.7 Å². The van der Waals surface area contributed by atoms with Crippen molar-refractivity contribution in [1.29, 1.82) is 0 Å². The van der Waals surface area contributed by atoms with Gasteiger partial charge in [-0.3, -0.25) is 0 Å². The molecular formula is C12H11N5O3. The van der Waals surface area contributed by atoms with E-state index in [-0.39, 0.29) is 12.5 Å². The number of carbonyl (C=O) groups excluding carboxylic acids is 1. The second-order valence-electron chi connectivity index (χ2n) is 3.90. The van der Waals surface area contributed by atoms with E-state index in [9.17, 15) is 4.79 Å². The van der Waals surface area contributed by atoms with Gasteiger partial charge in [0.15, 0.2) is 0 Å². The van der Waals surface area contributed by atoms with Crippen LogP contribution in [0.5, 0.6) is 5.88 Å². The van der Waals surface area contributed by atoms with Gasteiger partial charge in [-0.1, -0.05) is 0 Å². The first-order valence-electron chi connectivity index (χ1n) is 5.96. The molecule has 3 heterocycles. The number of nitrogens with one attached hydrogen (secondary N) is 1. The highest BCUT2D eigenvalue weighted by Gasteiger charge is 2.10. The number of rotatable bonds is 3. The molecule has 0 aromatic carbocycles. The number of aromatic amines is 1. The van der Waals surface area contributed by atoms with Gasteiger partial charge in [-0.2, -0.15) is 20.4 Å². The molecule has 0 saturated heterocycles. The highest BCUT2D eigenvalue weighted by molar-refractivity contribution is 5.64. The number of fused-ring (bicyclic) bond motifs is 1. The number of nitrogens with zero attached hydrogens (tertiary/aromatic N) is 4. The third kappa shape index (κ3) is 2.30. The fourth-order valence-corrected chi connectivity index (χ4v) is 1.74. The highest BCUT2D eigenvalue weighted by Crippen LogP contribution is 2.19. The highest BCUT2D eigenvalue weighted by atomic mass is 16.7. The summed E-state index contributed by atoms with van der Waals surface area (Å²) in [6, 6.07) is 3.65. The predicted octanol–water partition coefficient (Wildman–Crippen LogP) is 1.65. The number of pyridine rings is 1. The average Bonchev–Trinajstić information content (AvgIpc) is 3.06. The van der Waals surface area contributed by atoms with E-state index in [0.717, 1.165) is 5.56 Å². The SMILES string of the molecule is CCOC(=O)Oc1cn2cc(-c3cn[nH]n3)ccc2n1. The van der Waals surface area contributed by atoms with E-state index in [1.807, 2.05) is 12.3 Å². The van der Waals surface area contributed by atoms with E-state index >= 15 is 0 Å². The van der Waals surface area contributed by atoms with Gasteiger partial charge >= 0.3 is 6.16 Å². The Kier molecular flexibility index (Phi) is 3.04. The van der Waals surface area contributed by atoms with Crippen LogP contribution in [0.4, 0.5) is 4.79 Å². The minimum atomic E-state index is -0.771. The summed E-state index contributed by atoms with van der Waals surface area (Å²) in [5.41, 5.74) is 2.23. The predicted molar refractivity (Wildman–Crippen MR) is 68.2 cm³/mol. The maximum absolute atomic E-state index is 11.2. The van der Waals surface area contributed by atoms with Crippen molar-refractivity contribution in [1.82, 2.24) is 24.8 Å². The first kappa shape index (κ1) is 12.2. The van der Waals surface area contributed by atoms with Gasteiger partial charge in [0.05, 0.1) is 19.0 Å². The minimum absolute atomic E-state index is 0.181. The molecule has 0 saturated carbocycles. The summed E-state index contributed by atoms with van der Waals surface area (Å²) < 4.78 is 11.4. The van der Waals surface area contributed by atoms with Crippen LogP contribution in [0.15, 0.2) is 30.7 Å². The topological polar surface area (TPSA) is 94.4 Å². The van der Waals surface area contributed by atoms with Gasteiger partial charge in [0.1, 0.15) is 11.3 Å². The van der Waals surface area contributed by atoms with Crippen molar-refractivity contribution >= 4 is 11.8 Å². The molecule has 1 N–H and O–H groups in total. The van der Waals surface area contributed by atoms with Crippen molar-refractivity contribution in [3.63, 3.8) is 0 Å². The number of hydrogen-bond donors (Lipinski definition) is 1. The normalized spacial score (nSPS) is 10.7. The monoisotopic (exact) mass is 273 g/mol. The van der Waals surface area contributed by atoms with Crippen molar-refractivity contribution in [2.24, 2.45) is 0 Å². The van der Waals surface area contributed by atoms with Gasteiger partial charge in [0, 0.05) is 11.8 Å². The van der Waals surface area contributed by atoms with Crippen LogP contribution in [-0.4, -0.2) is 37.6 Å². The van der Waals surface area contributed by atoms with Crippen LogP contribution in [0.2, 0.25) is 0 Å². The molecule has 0 fully saturated rings. The Morgan fingerprint density at radius 3 is 3.05 bits per heavy atom. The number of hydrogen-bond acceptors (Lipinski definition) is 6. The molecule has 102 valence electrons. The maximum atomic E-state index is 11.2. The molecule has 3 aromatic heterocycles. The van der Waals surface area contributed by atoms with Crippen LogP contribution >= 0.6 is 0 Å². The van der Waals surface area contributed by atoms with E-state index in [1.165, 1.54) is 0 Å². The van der Waals surface area contributed by atoms with Crippen molar-refractivity contribution in [2.45, 2.75) is 6.92 Å². The van der Waals surface area contributed by atoms with E-state index in [0.29, 0.717) is 11.3 Å². The van der Waals surface area contributed by atoms with Crippen molar-refractivity contribution in [2.75, 3.05) is 6.61 Å². The van der Waals surface area contributed by atoms with Gasteiger partial charge in [0.25, 0.3) is 0 Å². The molecule has 0 radical (unpaired) electrons. The summed E-state index contributed by atoms with van der Waals surface area (Å²) in [7, 11) is 0. The summed E-state index contributed by atoms with van der Waals surface area (Å²) in [6.07, 6.45) is 4.26. The lowest BCUT2D eigenvalue weighted by Crippen LogP contribution is -2.10. The molecule has 0 spiro atoms. The number of imidazole rings is 1. The Morgan fingerprint density at radius 2 is 2.30 bits per heavy atom. The number of ether oxygens (including phenoxy) is 2. The van der Waals surface area contributed by atoms with Crippen LogP contribution < -0.4 is 4.74 Å². The maximum Gasteiger partial charge on any atom is 0.515 e. The molecule has 0 bridgehead atoms. The van der Waals surface area contributed by atoms with Crippen molar-refractivity contribution < 1.29 is 14.3 Å². The molecule has 3 rings (SSSR count). The summed E-state index contributed by atoms with van der Waals surface area (Å²) >= 11 is 0. The molecule has 3 aromatic rings. The van der Waals surface area contributed by atoms with Crippen LogP contribution in [0, 0.1) is 0 Å². The molecule has 8 nitrogen and oxygen atoms in total. The van der Waals surface area contributed by atoms with E-state index in [4.69, 9.17) is 9.47 Å². The minimum Gasteiger partial charge on any atom is -0.434 e. The molecule has 0 amide bonds. The fourth-order valence-electron chi connectivity index (χ4n) is 1.74. The van der Waals surface area contributed by atoms with Gasteiger partial charge in [-0.15, -0.1) is 0 Å². The van der Waals surface area contributed by atoms with Gasteiger partial charge in [0.2, 0.25) is 5.88 Å². The fraction of sp³-hybridized carbons (Fsp3) is 0.167. The average molecular weight is 273 g/mol. The van der Waals surface area contributed by atoms with Crippen LogP contribution in [0.3, 0.4) is 0 Å². The molecule has 0 atom stereocenters. The second-order valence-corrected chi connectivity index (χ2v) is 3.90. The third-order valence-electron chi connectivity index (χ3n) is 2.59. The molecule has 0 aliphatic carbocycles. The quantitative estimate of drug-likeness (QED) is 0.729. The molecule has 20 heavy (non-hydrogen) atoms. The Hall–Kier alpha value is -2.90. The van der Waals surface area contributed by atoms with Crippen LogP contribution in [0.1, 0.15) is 6.92 Å². The lowest BCUT2D eigenvalue weighted by Gasteiger charge is -1.98. The van der Waals surface area contributed by atoms with E-state index < -0.39 is 6.16 Å². The Morgan fingerprint density at radius 1 is 1.40 bits per heavy atom. The molecule has 0 aliphatic rings. The summed E-state index contributed by atoms with van der Waals surface area (Å²) in [5, 5.41) is 10.3. The molecule has 0 unspecified atom stereocenters.